The van der Waals surface area contributed by atoms with E-state index in [2.05, 4.69) is 10.6 Å². The van der Waals surface area contributed by atoms with Crippen molar-refractivity contribution in [3.05, 3.63) is 77.8 Å². The van der Waals surface area contributed by atoms with Crippen LogP contribution in [-0.4, -0.2) is 33.7 Å². The summed E-state index contributed by atoms with van der Waals surface area (Å²) in [7, 11) is 0. The third-order valence-corrected chi connectivity index (χ3v) is 8.30. The molecule has 0 atom stereocenters. The van der Waals surface area contributed by atoms with Crippen LogP contribution in [0.1, 0.15) is 78.5 Å². The van der Waals surface area contributed by atoms with E-state index >= 15 is 0 Å². The van der Waals surface area contributed by atoms with Gasteiger partial charge in [-0.15, -0.1) is 0 Å². The van der Waals surface area contributed by atoms with Crippen LogP contribution in [0.15, 0.2) is 36.4 Å². The Kier molecular flexibility index (Phi) is 9.40. The van der Waals surface area contributed by atoms with Gasteiger partial charge in [0.15, 0.2) is 0 Å². The molecule has 2 saturated carbocycles. The van der Waals surface area contributed by atoms with E-state index in [0.29, 0.717) is 11.8 Å². The number of nitro benzene ring substituents is 2. The second-order valence-corrected chi connectivity index (χ2v) is 11.3. The summed E-state index contributed by atoms with van der Waals surface area (Å²) in [5.41, 5.74) is -0.571. The van der Waals surface area contributed by atoms with E-state index in [0.717, 1.165) is 57.8 Å². The van der Waals surface area contributed by atoms with E-state index in [-0.39, 0.29) is 44.6 Å². The number of amides is 2. The Morgan fingerprint density at radius 3 is 1.38 bits per heavy atom. The van der Waals surface area contributed by atoms with Crippen molar-refractivity contribution in [3.8, 4) is 0 Å². The van der Waals surface area contributed by atoms with Crippen molar-refractivity contribution in [3.63, 3.8) is 0 Å². The number of nitro groups is 2. The van der Waals surface area contributed by atoms with E-state index < -0.39 is 21.7 Å². The highest BCUT2D eigenvalue weighted by atomic mass is 35.5. The molecular formula is C27H30Cl2N4O6. The molecule has 0 aromatic heterocycles. The van der Waals surface area contributed by atoms with Gasteiger partial charge in [-0.3, -0.25) is 29.8 Å². The predicted octanol–water partition coefficient (Wildman–Crippen LogP) is 6.48. The van der Waals surface area contributed by atoms with Crippen molar-refractivity contribution in [2.45, 2.75) is 69.9 Å². The summed E-state index contributed by atoms with van der Waals surface area (Å²) in [4.78, 5) is 46.8. The first kappa shape index (κ1) is 28.8. The van der Waals surface area contributed by atoms with Gasteiger partial charge in [-0.2, -0.15) is 0 Å². The Hall–Kier alpha value is -3.24. The zero-order valence-corrected chi connectivity index (χ0v) is 22.7. The summed E-state index contributed by atoms with van der Waals surface area (Å²) in [6, 6.07) is 7.88. The third kappa shape index (κ3) is 7.45. The van der Waals surface area contributed by atoms with Crippen LogP contribution < -0.4 is 10.6 Å². The normalized spacial score (nSPS) is 23.0. The highest BCUT2D eigenvalue weighted by molar-refractivity contribution is 6.31. The van der Waals surface area contributed by atoms with Crippen LogP contribution >= 0.6 is 23.2 Å². The second-order valence-electron chi connectivity index (χ2n) is 10.5. The summed E-state index contributed by atoms with van der Waals surface area (Å²) in [6.45, 7) is 0. The Bertz CT molecular complexity index is 1160. The standard InChI is InChI=1S/C27H30Cl2N4O6/c28-18-5-11-24(32(36)37)22(14-18)26(34)30-20-7-1-16(2-8-20)13-17-3-9-21(10-4-17)31-27(35)23-15-19(29)6-12-25(23)33(38)39/h5-6,11-12,14-17,20-21H,1-4,7-10,13H2,(H,30,34)(H,31,35). The van der Waals surface area contributed by atoms with Crippen molar-refractivity contribution in [2.75, 3.05) is 0 Å². The fourth-order valence-corrected chi connectivity index (χ4v) is 6.13. The Balaban J connectivity index is 1.21. The monoisotopic (exact) mass is 576 g/mol. The number of carbonyl (C=O) groups excluding carboxylic acids is 2. The Morgan fingerprint density at radius 2 is 1.05 bits per heavy atom. The molecule has 0 saturated heterocycles. The van der Waals surface area contributed by atoms with Gasteiger partial charge in [0.05, 0.1) is 9.85 Å². The number of rotatable bonds is 8. The van der Waals surface area contributed by atoms with Gasteiger partial charge in [0.2, 0.25) is 0 Å². The Morgan fingerprint density at radius 1 is 0.692 bits per heavy atom. The van der Waals surface area contributed by atoms with Crippen molar-refractivity contribution < 1.29 is 19.4 Å². The maximum atomic E-state index is 12.7. The predicted molar refractivity (Wildman–Crippen MR) is 147 cm³/mol. The molecular weight excluding hydrogens is 547 g/mol. The SMILES string of the molecule is O=C(NC1CCC(CC2CCC(NC(=O)c3cc(Cl)ccc3[N+](=O)[O-])CC2)CC1)c1cc(Cl)ccc1[N+](=O)[O-]. The van der Waals surface area contributed by atoms with E-state index in [1.807, 2.05) is 0 Å². The van der Waals surface area contributed by atoms with Crippen LogP contribution in [-0.2, 0) is 0 Å². The molecule has 2 aromatic rings. The van der Waals surface area contributed by atoms with Crippen LogP contribution in [0.4, 0.5) is 11.4 Å². The highest BCUT2D eigenvalue weighted by Gasteiger charge is 2.30. The number of nitrogens with zero attached hydrogens (tertiary/aromatic N) is 2. The molecule has 4 rings (SSSR count). The van der Waals surface area contributed by atoms with E-state index in [1.54, 1.807) is 0 Å². The fourth-order valence-electron chi connectivity index (χ4n) is 5.78. The largest absolute Gasteiger partial charge is 0.349 e. The lowest BCUT2D eigenvalue weighted by Crippen LogP contribution is -2.39. The second kappa shape index (κ2) is 12.7. The van der Waals surface area contributed by atoms with Crippen molar-refractivity contribution in [2.24, 2.45) is 11.8 Å². The van der Waals surface area contributed by atoms with Gasteiger partial charge in [-0.25, -0.2) is 0 Å². The molecule has 0 aliphatic heterocycles. The highest BCUT2D eigenvalue weighted by Crippen LogP contribution is 2.36. The maximum Gasteiger partial charge on any atom is 0.282 e. The zero-order valence-electron chi connectivity index (χ0n) is 21.2. The van der Waals surface area contributed by atoms with Crippen LogP contribution in [0.2, 0.25) is 10.0 Å². The van der Waals surface area contributed by atoms with Crippen LogP contribution in [0, 0.1) is 32.1 Å². The molecule has 0 heterocycles. The molecule has 2 aliphatic carbocycles. The van der Waals surface area contributed by atoms with Crippen LogP contribution in [0.25, 0.3) is 0 Å². The van der Waals surface area contributed by atoms with Gasteiger partial charge in [-0.05, 0) is 93.9 Å². The van der Waals surface area contributed by atoms with Crippen LogP contribution in [0.3, 0.4) is 0 Å². The van der Waals surface area contributed by atoms with E-state index in [9.17, 15) is 29.8 Å². The molecule has 2 N–H and O–H groups in total. The molecule has 0 spiro atoms. The van der Waals surface area contributed by atoms with E-state index in [1.165, 1.54) is 36.4 Å². The molecule has 2 fully saturated rings. The first-order chi connectivity index (χ1) is 18.6. The number of hydrogen-bond donors (Lipinski definition) is 2. The summed E-state index contributed by atoms with van der Waals surface area (Å²) in [5.74, 6) is 0.139. The number of carbonyl (C=O) groups is 2. The molecule has 2 aliphatic rings. The lowest BCUT2D eigenvalue weighted by molar-refractivity contribution is -0.385. The quantitative estimate of drug-likeness (QED) is 0.272. The molecule has 2 amide bonds. The topological polar surface area (TPSA) is 144 Å². The molecule has 208 valence electrons. The zero-order chi connectivity index (χ0) is 28.1. The molecule has 2 aromatic carbocycles. The fraction of sp³-hybridized carbons (Fsp3) is 0.481. The minimum Gasteiger partial charge on any atom is -0.349 e. The smallest absolute Gasteiger partial charge is 0.282 e. The minimum atomic E-state index is -0.580. The lowest BCUT2D eigenvalue weighted by Gasteiger charge is -2.34. The Labute approximate surface area is 235 Å². The molecule has 0 unspecified atom stereocenters. The summed E-state index contributed by atoms with van der Waals surface area (Å²) >= 11 is 11.9. The average molecular weight is 577 g/mol. The van der Waals surface area contributed by atoms with Crippen molar-refractivity contribution in [1.82, 2.24) is 10.6 Å². The van der Waals surface area contributed by atoms with Gasteiger partial charge in [-0.1, -0.05) is 23.2 Å². The molecule has 0 radical (unpaired) electrons. The molecule has 0 bridgehead atoms. The average Bonchev–Trinajstić information content (AvgIpc) is 2.90. The first-order valence-corrected chi connectivity index (χ1v) is 13.9. The van der Waals surface area contributed by atoms with Crippen molar-refractivity contribution in [1.29, 1.82) is 0 Å². The lowest BCUT2D eigenvalue weighted by atomic mass is 9.75. The number of hydrogen-bond acceptors (Lipinski definition) is 6. The third-order valence-electron chi connectivity index (χ3n) is 7.83. The molecule has 39 heavy (non-hydrogen) atoms. The maximum absolute atomic E-state index is 12.7. The minimum absolute atomic E-state index is 0.0246. The summed E-state index contributed by atoms with van der Waals surface area (Å²) < 4.78 is 0. The molecule has 10 nitrogen and oxygen atoms in total. The van der Waals surface area contributed by atoms with Gasteiger partial charge in [0.25, 0.3) is 23.2 Å². The van der Waals surface area contributed by atoms with Crippen LogP contribution in [0.5, 0.6) is 0 Å². The van der Waals surface area contributed by atoms with Gasteiger partial charge >= 0.3 is 0 Å². The summed E-state index contributed by atoms with van der Waals surface area (Å²) in [6.07, 6.45) is 8.22. The molecule has 12 heteroatoms. The summed E-state index contributed by atoms with van der Waals surface area (Å²) in [5, 5.41) is 29.0. The number of nitrogens with one attached hydrogen (secondary N) is 2. The van der Waals surface area contributed by atoms with Gasteiger partial charge in [0.1, 0.15) is 11.1 Å². The van der Waals surface area contributed by atoms with Crippen molar-refractivity contribution >= 4 is 46.4 Å². The van der Waals surface area contributed by atoms with Gasteiger partial charge < -0.3 is 10.6 Å². The number of benzene rings is 2. The number of halogens is 2. The van der Waals surface area contributed by atoms with Gasteiger partial charge in [0, 0.05) is 34.3 Å². The van der Waals surface area contributed by atoms with E-state index in [4.69, 9.17) is 23.2 Å². The first-order valence-electron chi connectivity index (χ1n) is 13.1.